The van der Waals surface area contributed by atoms with Crippen LogP contribution in [0.15, 0.2) is 12.2 Å². The van der Waals surface area contributed by atoms with Gasteiger partial charge in [0.25, 0.3) is 0 Å². The number of rotatable bonds is 6. The van der Waals surface area contributed by atoms with Crippen LogP contribution >= 0.6 is 0 Å². The second-order valence-corrected chi connectivity index (χ2v) is 10.8. The van der Waals surface area contributed by atoms with Gasteiger partial charge >= 0.3 is 17.9 Å². The molecular weight excluding hydrogens is 400 g/mol. The van der Waals surface area contributed by atoms with Crippen LogP contribution in [-0.2, 0) is 33.3 Å². The largest absolute Gasteiger partial charge is 0.458 e. The Kier molecular flexibility index (Phi) is 4.50. The zero-order chi connectivity index (χ0) is 21.4. The summed E-state index contributed by atoms with van der Waals surface area (Å²) in [4.78, 5) is 37.5. The number of esters is 3. The van der Waals surface area contributed by atoms with Crippen LogP contribution in [0.3, 0.4) is 0 Å². The highest BCUT2D eigenvalue weighted by Crippen LogP contribution is 2.59. The van der Waals surface area contributed by atoms with E-state index in [0.717, 1.165) is 11.8 Å². The first-order valence-electron chi connectivity index (χ1n) is 11.8. The molecule has 0 spiro atoms. The predicted molar refractivity (Wildman–Crippen MR) is 106 cm³/mol. The molecule has 0 N–H and O–H groups in total. The topological polar surface area (TPSA) is 88.1 Å². The molecule has 7 rings (SSSR count). The minimum absolute atomic E-state index is 0.0683. The fourth-order valence-corrected chi connectivity index (χ4v) is 8.11. The summed E-state index contributed by atoms with van der Waals surface area (Å²) in [6.07, 6.45) is 6.09. The van der Waals surface area contributed by atoms with Crippen molar-refractivity contribution in [3.8, 4) is 0 Å². The van der Waals surface area contributed by atoms with Gasteiger partial charge in [-0.25, -0.2) is 4.79 Å². The minimum Gasteiger partial charge on any atom is -0.458 e. The lowest BCUT2D eigenvalue weighted by atomic mass is 9.55. The minimum atomic E-state index is -0.638. The molecule has 168 valence electrons. The molecule has 6 saturated carbocycles. The van der Waals surface area contributed by atoms with Crippen molar-refractivity contribution in [2.45, 2.75) is 63.8 Å². The van der Waals surface area contributed by atoms with Gasteiger partial charge in [-0.3, -0.25) is 9.59 Å². The molecule has 6 atom stereocenters. The van der Waals surface area contributed by atoms with Crippen LogP contribution in [0, 0.1) is 47.3 Å². The van der Waals surface area contributed by atoms with Crippen molar-refractivity contribution < 1.29 is 33.3 Å². The van der Waals surface area contributed by atoms with Gasteiger partial charge in [0.2, 0.25) is 0 Å². The molecule has 1 heterocycles. The van der Waals surface area contributed by atoms with Crippen LogP contribution in [-0.4, -0.2) is 43.0 Å². The Bertz CT molecular complexity index is 806. The molecular formula is C24H30O7. The van der Waals surface area contributed by atoms with E-state index >= 15 is 0 Å². The Morgan fingerprint density at radius 3 is 2.32 bits per heavy atom. The second kappa shape index (κ2) is 7.06. The second-order valence-electron chi connectivity index (χ2n) is 10.8. The maximum absolute atomic E-state index is 13.0. The molecule has 1 aliphatic heterocycles. The zero-order valence-corrected chi connectivity index (χ0v) is 17.9. The lowest BCUT2D eigenvalue weighted by molar-refractivity contribution is -0.193. The maximum Gasteiger partial charge on any atom is 0.333 e. The number of hydrogen-bond acceptors (Lipinski definition) is 7. The van der Waals surface area contributed by atoms with Crippen molar-refractivity contribution in [1.29, 1.82) is 0 Å². The van der Waals surface area contributed by atoms with Crippen molar-refractivity contribution in [2.24, 2.45) is 47.3 Å². The highest BCUT2D eigenvalue weighted by Gasteiger charge is 2.70. The number of hydrogen-bond donors (Lipinski definition) is 0. The molecule has 0 aromatic heterocycles. The van der Waals surface area contributed by atoms with Crippen molar-refractivity contribution in [1.82, 2.24) is 0 Å². The van der Waals surface area contributed by atoms with Gasteiger partial charge in [-0.15, -0.1) is 0 Å². The van der Waals surface area contributed by atoms with Gasteiger partial charge in [-0.05, 0) is 69.1 Å². The molecule has 6 bridgehead atoms. The average Bonchev–Trinajstić information content (AvgIpc) is 3.33. The summed E-state index contributed by atoms with van der Waals surface area (Å²) in [7, 11) is 0. The fourth-order valence-electron chi connectivity index (χ4n) is 8.11. The van der Waals surface area contributed by atoms with Gasteiger partial charge in [0.15, 0.2) is 6.79 Å². The van der Waals surface area contributed by atoms with Crippen LogP contribution in [0.1, 0.15) is 45.4 Å². The lowest BCUT2D eigenvalue weighted by Crippen LogP contribution is -2.49. The standard InChI is InChI=1S/C24H30O7/c1-10(2)22(25)30-20-15-8-16-18(24(27)31-21(16)20)17(15)23(26)29-9-28-19-13-4-11-3-12(6-13)7-14(19)5-11/h11-21H,1,3-9H2,2H3. The van der Waals surface area contributed by atoms with Crippen LogP contribution in [0.2, 0.25) is 0 Å². The summed E-state index contributed by atoms with van der Waals surface area (Å²) < 4.78 is 22.7. The summed E-state index contributed by atoms with van der Waals surface area (Å²) in [6.45, 7) is 5.12. The van der Waals surface area contributed by atoms with Gasteiger partial charge in [-0.2, -0.15) is 0 Å². The summed E-state index contributed by atoms with van der Waals surface area (Å²) in [5.41, 5.74) is 0.284. The van der Waals surface area contributed by atoms with E-state index in [9.17, 15) is 14.4 Å². The van der Waals surface area contributed by atoms with E-state index in [1.807, 2.05) is 0 Å². The van der Waals surface area contributed by atoms with Crippen molar-refractivity contribution in [2.75, 3.05) is 6.79 Å². The van der Waals surface area contributed by atoms with Gasteiger partial charge in [-0.1, -0.05) is 6.58 Å². The average molecular weight is 430 g/mol. The van der Waals surface area contributed by atoms with E-state index in [2.05, 4.69) is 6.58 Å². The van der Waals surface area contributed by atoms with Gasteiger partial charge in [0, 0.05) is 17.4 Å². The third kappa shape index (κ3) is 2.99. The van der Waals surface area contributed by atoms with Crippen LogP contribution < -0.4 is 0 Å². The molecule has 1 saturated heterocycles. The summed E-state index contributed by atoms with van der Waals surface area (Å²) in [6, 6.07) is 0. The summed E-state index contributed by atoms with van der Waals surface area (Å²) in [5.74, 6) is 0.0808. The molecule has 7 aliphatic rings. The Morgan fingerprint density at radius 2 is 1.68 bits per heavy atom. The van der Waals surface area contributed by atoms with E-state index in [1.54, 1.807) is 6.92 Å². The smallest absolute Gasteiger partial charge is 0.333 e. The highest BCUT2D eigenvalue weighted by molar-refractivity contribution is 5.88. The van der Waals surface area contributed by atoms with E-state index < -0.39 is 36.0 Å². The molecule has 6 aliphatic carbocycles. The van der Waals surface area contributed by atoms with Gasteiger partial charge < -0.3 is 18.9 Å². The Labute approximate surface area is 181 Å². The molecule has 0 aromatic carbocycles. The molecule has 7 heteroatoms. The van der Waals surface area contributed by atoms with Crippen molar-refractivity contribution >= 4 is 17.9 Å². The van der Waals surface area contributed by atoms with Crippen LogP contribution in [0.4, 0.5) is 0 Å². The number of carbonyl (C=O) groups is 3. The molecule has 0 aromatic rings. The zero-order valence-electron chi connectivity index (χ0n) is 17.9. The number of carbonyl (C=O) groups excluding carboxylic acids is 3. The molecule has 7 fully saturated rings. The van der Waals surface area contributed by atoms with Crippen LogP contribution in [0.25, 0.3) is 0 Å². The predicted octanol–water partition coefficient (Wildman–Crippen LogP) is 2.62. The SMILES string of the molecule is C=C(C)C(=O)OC1C2CC3C1OC(=O)C3C2C(=O)OCOC1C2CC3CC(C2)CC1C3. The third-order valence-corrected chi connectivity index (χ3v) is 9.01. The van der Waals surface area contributed by atoms with Gasteiger partial charge in [0.1, 0.15) is 12.2 Å². The lowest BCUT2D eigenvalue weighted by Gasteiger charge is -2.53. The molecule has 0 amide bonds. The summed E-state index contributed by atoms with van der Waals surface area (Å²) >= 11 is 0. The van der Waals surface area contributed by atoms with Crippen molar-refractivity contribution in [3.05, 3.63) is 12.2 Å². The molecule has 0 radical (unpaired) electrons. The molecule has 7 nitrogen and oxygen atoms in total. The first-order valence-corrected chi connectivity index (χ1v) is 11.8. The Hall–Kier alpha value is -1.89. The molecule has 31 heavy (non-hydrogen) atoms. The maximum atomic E-state index is 13.0. The number of fused-ring (bicyclic) bond motifs is 1. The van der Waals surface area contributed by atoms with Gasteiger partial charge in [0.05, 0.1) is 17.9 Å². The highest BCUT2D eigenvalue weighted by atomic mass is 16.7. The summed E-state index contributed by atoms with van der Waals surface area (Å²) in [5, 5.41) is 0. The number of ether oxygens (including phenoxy) is 4. The Morgan fingerprint density at radius 1 is 1.00 bits per heavy atom. The quantitative estimate of drug-likeness (QED) is 0.277. The van der Waals surface area contributed by atoms with E-state index in [-0.39, 0.29) is 36.3 Å². The monoisotopic (exact) mass is 430 g/mol. The Balaban J connectivity index is 1.10. The normalized spacial score (nSPS) is 48.0. The molecule has 6 unspecified atom stereocenters. The van der Waals surface area contributed by atoms with E-state index in [1.165, 1.54) is 32.1 Å². The third-order valence-electron chi connectivity index (χ3n) is 9.01. The fraction of sp³-hybridized carbons (Fsp3) is 0.792. The first kappa shape index (κ1) is 19.8. The van der Waals surface area contributed by atoms with Crippen LogP contribution in [0.5, 0.6) is 0 Å². The van der Waals surface area contributed by atoms with E-state index in [0.29, 0.717) is 18.3 Å². The van der Waals surface area contributed by atoms with E-state index in [4.69, 9.17) is 18.9 Å². The van der Waals surface area contributed by atoms with Crippen molar-refractivity contribution in [3.63, 3.8) is 0 Å². The first-order chi connectivity index (χ1) is 14.9.